The van der Waals surface area contributed by atoms with Crippen LogP contribution in [0, 0.1) is 6.92 Å². The second-order valence-electron chi connectivity index (χ2n) is 6.65. The lowest BCUT2D eigenvalue weighted by Crippen LogP contribution is -2.48. The highest BCUT2D eigenvalue weighted by Gasteiger charge is 2.32. The molecule has 1 aliphatic rings. The Labute approximate surface area is 160 Å². The number of carbonyl (C=O) groups is 2. The summed E-state index contributed by atoms with van der Waals surface area (Å²) in [6.45, 7) is 3.38. The second kappa shape index (κ2) is 6.84. The van der Waals surface area contributed by atoms with Gasteiger partial charge in [-0.25, -0.2) is 4.79 Å². The van der Waals surface area contributed by atoms with Crippen molar-refractivity contribution in [3.63, 3.8) is 0 Å². The maximum absolute atomic E-state index is 12.7. The van der Waals surface area contributed by atoms with E-state index in [9.17, 15) is 14.4 Å². The molecule has 7 heteroatoms. The van der Waals surface area contributed by atoms with Gasteiger partial charge in [-0.2, -0.15) is 0 Å². The Morgan fingerprint density at radius 1 is 1.14 bits per heavy atom. The molecule has 1 N–H and O–H groups in total. The first kappa shape index (κ1) is 17.8. The zero-order valence-corrected chi connectivity index (χ0v) is 15.4. The van der Waals surface area contributed by atoms with Gasteiger partial charge in [0.1, 0.15) is 11.3 Å². The molecule has 4 rings (SSSR count). The lowest BCUT2D eigenvalue weighted by atomic mass is 10.1. The highest BCUT2D eigenvalue weighted by atomic mass is 16.5. The van der Waals surface area contributed by atoms with Gasteiger partial charge in [0.25, 0.3) is 5.91 Å². The number of nitrogens with zero attached hydrogens (tertiary/aromatic N) is 1. The number of amides is 2. The van der Waals surface area contributed by atoms with Crippen molar-refractivity contribution in [2.75, 3.05) is 16.8 Å². The predicted molar refractivity (Wildman–Crippen MR) is 105 cm³/mol. The topological polar surface area (TPSA) is 88.9 Å². The standard InChI is InChI=1S/C21H18N2O5/c1-12-9-20(25)28-18-10-14(7-8-15(12)18)22-21(26)19-11-23(13(2)24)16-5-3-4-6-17(16)27-19/h3-10,19H,11H2,1-2H3,(H,22,26)/t19-/m1/s1. The Hall–Kier alpha value is -3.61. The number of para-hydroxylation sites is 2. The van der Waals surface area contributed by atoms with Crippen LogP contribution in [0.15, 0.2) is 57.7 Å². The van der Waals surface area contributed by atoms with Gasteiger partial charge in [-0.3, -0.25) is 9.59 Å². The lowest BCUT2D eigenvalue weighted by molar-refractivity contribution is -0.123. The Morgan fingerprint density at radius 2 is 1.93 bits per heavy atom. The molecular formula is C21H18N2O5. The smallest absolute Gasteiger partial charge is 0.336 e. The maximum atomic E-state index is 12.7. The van der Waals surface area contributed by atoms with Gasteiger partial charge in [0.15, 0.2) is 6.10 Å². The molecule has 3 aromatic rings. The molecule has 142 valence electrons. The van der Waals surface area contributed by atoms with Crippen LogP contribution >= 0.6 is 0 Å². The third-order valence-electron chi connectivity index (χ3n) is 4.67. The van der Waals surface area contributed by atoms with E-state index in [0.717, 1.165) is 10.9 Å². The van der Waals surface area contributed by atoms with Crippen molar-refractivity contribution < 1.29 is 18.7 Å². The van der Waals surface area contributed by atoms with Gasteiger partial charge in [0.05, 0.1) is 12.2 Å². The molecule has 2 aromatic carbocycles. The molecule has 0 spiro atoms. The summed E-state index contributed by atoms with van der Waals surface area (Å²) in [5.74, 6) is -0.0872. The highest BCUT2D eigenvalue weighted by molar-refractivity contribution is 6.00. The molecule has 1 atom stereocenters. The monoisotopic (exact) mass is 378 g/mol. The number of benzene rings is 2. The number of nitrogens with one attached hydrogen (secondary N) is 1. The van der Waals surface area contributed by atoms with Crippen molar-refractivity contribution in [2.24, 2.45) is 0 Å². The summed E-state index contributed by atoms with van der Waals surface area (Å²) in [6.07, 6.45) is -0.862. The average molecular weight is 378 g/mol. The normalized spacial score (nSPS) is 15.6. The highest BCUT2D eigenvalue weighted by Crippen LogP contribution is 2.33. The number of fused-ring (bicyclic) bond motifs is 2. The summed E-state index contributed by atoms with van der Waals surface area (Å²) in [5.41, 5.74) is 1.86. The van der Waals surface area contributed by atoms with Crippen LogP contribution in [0.5, 0.6) is 5.75 Å². The fourth-order valence-electron chi connectivity index (χ4n) is 3.29. The third kappa shape index (κ3) is 3.22. The van der Waals surface area contributed by atoms with E-state index in [1.807, 2.05) is 13.0 Å². The molecule has 28 heavy (non-hydrogen) atoms. The summed E-state index contributed by atoms with van der Waals surface area (Å²) < 4.78 is 11.0. The molecule has 0 bridgehead atoms. The van der Waals surface area contributed by atoms with E-state index in [-0.39, 0.29) is 12.5 Å². The summed E-state index contributed by atoms with van der Waals surface area (Å²) in [5, 5.41) is 3.56. The third-order valence-corrected chi connectivity index (χ3v) is 4.67. The van der Waals surface area contributed by atoms with E-state index < -0.39 is 17.6 Å². The fourth-order valence-corrected chi connectivity index (χ4v) is 3.29. The molecule has 2 heterocycles. The Bertz CT molecular complexity index is 1150. The van der Waals surface area contributed by atoms with Crippen LogP contribution in [0.2, 0.25) is 0 Å². The van der Waals surface area contributed by atoms with Gasteiger partial charge in [-0.05, 0) is 36.8 Å². The molecule has 0 saturated heterocycles. The van der Waals surface area contributed by atoms with E-state index in [1.165, 1.54) is 17.9 Å². The van der Waals surface area contributed by atoms with Crippen molar-refractivity contribution >= 4 is 34.2 Å². The number of aryl methyl sites for hydroxylation is 1. The number of anilines is 2. The lowest BCUT2D eigenvalue weighted by Gasteiger charge is -2.33. The Balaban J connectivity index is 1.59. The van der Waals surface area contributed by atoms with Crippen LogP contribution in [-0.2, 0) is 9.59 Å². The number of rotatable bonds is 2. The molecular weight excluding hydrogens is 360 g/mol. The van der Waals surface area contributed by atoms with E-state index in [1.54, 1.807) is 36.4 Å². The van der Waals surface area contributed by atoms with E-state index in [0.29, 0.717) is 22.7 Å². The van der Waals surface area contributed by atoms with E-state index >= 15 is 0 Å². The molecule has 0 fully saturated rings. The minimum Gasteiger partial charge on any atom is -0.476 e. The first-order valence-corrected chi connectivity index (χ1v) is 8.81. The molecule has 0 unspecified atom stereocenters. The van der Waals surface area contributed by atoms with Gasteiger partial charge in [-0.15, -0.1) is 0 Å². The molecule has 7 nitrogen and oxygen atoms in total. The predicted octanol–water partition coefficient (Wildman–Crippen LogP) is 2.85. The van der Waals surface area contributed by atoms with Crippen LogP contribution in [0.25, 0.3) is 11.0 Å². The summed E-state index contributed by atoms with van der Waals surface area (Å²) in [7, 11) is 0. The quantitative estimate of drug-likeness (QED) is 0.693. The number of hydrogen-bond acceptors (Lipinski definition) is 5. The van der Waals surface area contributed by atoms with Gasteiger partial charge in [-0.1, -0.05) is 12.1 Å². The maximum Gasteiger partial charge on any atom is 0.336 e. The van der Waals surface area contributed by atoms with Gasteiger partial charge in [0, 0.05) is 30.1 Å². The molecule has 0 aliphatic carbocycles. The van der Waals surface area contributed by atoms with Crippen molar-refractivity contribution in [3.05, 3.63) is 64.5 Å². The second-order valence-corrected chi connectivity index (χ2v) is 6.65. The molecule has 0 saturated carbocycles. The first-order valence-electron chi connectivity index (χ1n) is 8.81. The molecule has 0 radical (unpaired) electrons. The van der Waals surface area contributed by atoms with Crippen molar-refractivity contribution in [1.29, 1.82) is 0 Å². The number of carbonyl (C=O) groups excluding carboxylic acids is 2. The minimum absolute atomic E-state index is 0.111. The van der Waals surface area contributed by atoms with Crippen LogP contribution in [0.4, 0.5) is 11.4 Å². The Morgan fingerprint density at radius 3 is 2.71 bits per heavy atom. The van der Waals surface area contributed by atoms with Crippen molar-refractivity contribution in [2.45, 2.75) is 20.0 Å². The van der Waals surface area contributed by atoms with Crippen molar-refractivity contribution in [1.82, 2.24) is 0 Å². The minimum atomic E-state index is -0.862. The largest absolute Gasteiger partial charge is 0.476 e. The van der Waals surface area contributed by atoms with Crippen LogP contribution in [0.1, 0.15) is 12.5 Å². The Kier molecular flexibility index (Phi) is 4.35. The van der Waals surface area contributed by atoms with E-state index in [4.69, 9.17) is 9.15 Å². The van der Waals surface area contributed by atoms with Gasteiger partial charge >= 0.3 is 5.63 Å². The van der Waals surface area contributed by atoms with Crippen LogP contribution < -0.4 is 20.6 Å². The summed E-state index contributed by atoms with van der Waals surface area (Å²) >= 11 is 0. The van der Waals surface area contributed by atoms with E-state index in [2.05, 4.69) is 5.32 Å². The molecule has 2 amide bonds. The summed E-state index contributed by atoms with van der Waals surface area (Å²) in [6, 6.07) is 13.6. The number of hydrogen-bond donors (Lipinski definition) is 1. The fraction of sp³-hybridized carbons (Fsp3) is 0.190. The zero-order valence-electron chi connectivity index (χ0n) is 15.4. The zero-order chi connectivity index (χ0) is 19.8. The number of ether oxygens (including phenoxy) is 1. The SMILES string of the molecule is CC(=O)N1C[C@H](C(=O)Nc2ccc3c(C)cc(=O)oc3c2)Oc2ccccc21. The van der Waals surface area contributed by atoms with Crippen LogP contribution in [-0.4, -0.2) is 24.5 Å². The van der Waals surface area contributed by atoms with Gasteiger partial charge in [0.2, 0.25) is 5.91 Å². The first-order chi connectivity index (χ1) is 13.4. The van der Waals surface area contributed by atoms with Gasteiger partial charge < -0.3 is 19.4 Å². The summed E-state index contributed by atoms with van der Waals surface area (Å²) in [4.78, 5) is 37.9. The molecule has 1 aliphatic heterocycles. The van der Waals surface area contributed by atoms with Crippen molar-refractivity contribution in [3.8, 4) is 5.75 Å². The average Bonchev–Trinajstić information content (AvgIpc) is 2.66. The van der Waals surface area contributed by atoms with Crippen LogP contribution in [0.3, 0.4) is 0 Å². The molecule has 1 aromatic heterocycles.